The van der Waals surface area contributed by atoms with Crippen LogP contribution in [-0.2, 0) is 13.1 Å². The Morgan fingerprint density at radius 3 is 3.13 bits per heavy atom. The quantitative estimate of drug-likeness (QED) is 0.736. The number of nitrogens with one attached hydrogen (secondary N) is 1. The van der Waals surface area contributed by atoms with E-state index in [9.17, 15) is 0 Å². The maximum atomic E-state index is 3.47. The Bertz CT molecular complexity index is 499. The lowest BCUT2D eigenvalue weighted by Crippen LogP contribution is -2.29. The number of para-hydroxylation sites is 2. The zero-order valence-corrected chi connectivity index (χ0v) is 9.03. The van der Waals surface area contributed by atoms with Gasteiger partial charge in [0, 0.05) is 0 Å². The van der Waals surface area contributed by atoms with Crippen LogP contribution in [0.2, 0.25) is 0 Å². The Kier molecular flexibility index (Phi) is 1.91. The van der Waals surface area contributed by atoms with Crippen LogP contribution in [0.5, 0.6) is 0 Å². The van der Waals surface area contributed by atoms with Crippen molar-refractivity contribution in [2.75, 3.05) is 11.9 Å². The SMILES string of the molecule is CCCn1c2[n+](c3ccccc31)CCN2. The van der Waals surface area contributed by atoms with E-state index < -0.39 is 0 Å². The van der Waals surface area contributed by atoms with E-state index in [1.54, 1.807) is 0 Å². The number of aryl methyl sites for hydroxylation is 1. The minimum atomic E-state index is 1.06. The second-order valence-corrected chi connectivity index (χ2v) is 4.04. The minimum Gasteiger partial charge on any atom is -0.274 e. The lowest BCUT2D eigenvalue weighted by Gasteiger charge is -1.98. The first-order valence-corrected chi connectivity index (χ1v) is 5.66. The number of benzene rings is 1. The Morgan fingerprint density at radius 1 is 1.40 bits per heavy atom. The Labute approximate surface area is 89.3 Å². The summed E-state index contributed by atoms with van der Waals surface area (Å²) in [6.07, 6.45) is 1.17. The first-order valence-electron chi connectivity index (χ1n) is 5.66. The van der Waals surface area contributed by atoms with E-state index in [-0.39, 0.29) is 0 Å². The summed E-state index contributed by atoms with van der Waals surface area (Å²) in [6, 6.07) is 8.64. The van der Waals surface area contributed by atoms with Gasteiger partial charge < -0.3 is 0 Å². The van der Waals surface area contributed by atoms with Crippen LogP contribution in [0.4, 0.5) is 5.95 Å². The highest BCUT2D eigenvalue weighted by Crippen LogP contribution is 2.20. The predicted molar refractivity (Wildman–Crippen MR) is 60.9 cm³/mol. The summed E-state index contributed by atoms with van der Waals surface area (Å²) in [5.74, 6) is 1.28. The molecule has 0 spiro atoms. The lowest BCUT2D eigenvalue weighted by molar-refractivity contribution is -0.644. The van der Waals surface area contributed by atoms with Gasteiger partial charge in [0.1, 0.15) is 17.6 Å². The van der Waals surface area contributed by atoms with E-state index >= 15 is 0 Å². The zero-order valence-electron chi connectivity index (χ0n) is 9.03. The van der Waals surface area contributed by atoms with Gasteiger partial charge in [0.15, 0.2) is 0 Å². The van der Waals surface area contributed by atoms with Gasteiger partial charge in [0.2, 0.25) is 0 Å². The van der Waals surface area contributed by atoms with Crippen molar-refractivity contribution in [3.05, 3.63) is 24.3 Å². The van der Waals surface area contributed by atoms with Crippen LogP contribution in [0.15, 0.2) is 24.3 Å². The third kappa shape index (κ3) is 1.16. The summed E-state index contributed by atoms with van der Waals surface area (Å²) in [6.45, 7) is 5.47. The van der Waals surface area contributed by atoms with E-state index in [1.807, 2.05) is 0 Å². The topological polar surface area (TPSA) is 20.8 Å². The monoisotopic (exact) mass is 202 g/mol. The van der Waals surface area contributed by atoms with Crippen molar-refractivity contribution in [1.82, 2.24) is 4.57 Å². The molecule has 1 aliphatic heterocycles. The molecule has 1 aliphatic rings. The molecular weight excluding hydrogens is 186 g/mol. The van der Waals surface area contributed by atoms with Crippen molar-refractivity contribution in [2.24, 2.45) is 0 Å². The smallest absolute Gasteiger partial charge is 0.274 e. The van der Waals surface area contributed by atoms with Crippen molar-refractivity contribution in [1.29, 1.82) is 0 Å². The summed E-state index contributed by atoms with van der Waals surface area (Å²) in [4.78, 5) is 0. The van der Waals surface area contributed by atoms with Crippen molar-refractivity contribution in [3.8, 4) is 0 Å². The summed E-state index contributed by atoms with van der Waals surface area (Å²) in [7, 11) is 0. The highest BCUT2D eigenvalue weighted by molar-refractivity contribution is 5.74. The molecule has 0 aliphatic carbocycles. The van der Waals surface area contributed by atoms with Crippen LogP contribution in [0.25, 0.3) is 11.0 Å². The molecule has 0 saturated heterocycles. The van der Waals surface area contributed by atoms with Crippen molar-refractivity contribution < 1.29 is 4.57 Å². The fraction of sp³-hybridized carbons (Fsp3) is 0.417. The van der Waals surface area contributed by atoms with Gasteiger partial charge in [-0.1, -0.05) is 19.1 Å². The molecule has 3 nitrogen and oxygen atoms in total. The molecule has 0 unspecified atom stereocenters. The maximum absolute atomic E-state index is 3.47. The highest BCUT2D eigenvalue weighted by Gasteiger charge is 2.26. The molecule has 0 radical (unpaired) electrons. The van der Waals surface area contributed by atoms with Gasteiger partial charge in [-0.3, -0.25) is 5.32 Å². The number of rotatable bonds is 2. The van der Waals surface area contributed by atoms with Crippen molar-refractivity contribution in [3.63, 3.8) is 0 Å². The predicted octanol–water partition coefficient (Wildman–Crippen LogP) is 1.76. The van der Waals surface area contributed by atoms with Gasteiger partial charge in [-0.25, -0.2) is 9.13 Å². The molecule has 3 rings (SSSR count). The third-order valence-corrected chi connectivity index (χ3v) is 3.04. The summed E-state index contributed by atoms with van der Waals surface area (Å²) in [5, 5.41) is 3.47. The standard InChI is InChI=1S/C12H15N3/c1-2-8-14-10-5-3-4-6-11(10)15-9-7-13-12(14)15/h3-6H,2,7-9H2,1H3/p+1. The van der Waals surface area contributed by atoms with Gasteiger partial charge in [0.05, 0.1) is 13.1 Å². The Hall–Kier alpha value is -1.51. The molecule has 0 fully saturated rings. The van der Waals surface area contributed by atoms with Crippen LogP contribution >= 0.6 is 0 Å². The van der Waals surface area contributed by atoms with Crippen LogP contribution in [-0.4, -0.2) is 11.1 Å². The number of hydrogen-bond donors (Lipinski definition) is 1. The third-order valence-electron chi connectivity index (χ3n) is 3.04. The summed E-state index contributed by atoms with van der Waals surface area (Å²) in [5.41, 5.74) is 2.70. The molecule has 15 heavy (non-hydrogen) atoms. The molecule has 2 heterocycles. The van der Waals surface area contributed by atoms with Gasteiger partial charge in [-0.2, -0.15) is 0 Å². The zero-order chi connectivity index (χ0) is 10.3. The fourth-order valence-corrected chi connectivity index (χ4v) is 2.44. The normalized spacial score (nSPS) is 14.2. The van der Waals surface area contributed by atoms with E-state index in [0.29, 0.717) is 0 Å². The molecule has 3 heteroatoms. The maximum Gasteiger partial charge on any atom is 0.358 e. The molecule has 0 amide bonds. The Balaban J connectivity index is 2.31. The number of aromatic nitrogens is 2. The van der Waals surface area contributed by atoms with Gasteiger partial charge in [-0.05, 0) is 18.6 Å². The number of imidazole rings is 1. The van der Waals surface area contributed by atoms with Crippen LogP contribution in [0.1, 0.15) is 13.3 Å². The molecule has 0 atom stereocenters. The molecule has 0 bridgehead atoms. The molecule has 78 valence electrons. The van der Waals surface area contributed by atoms with Crippen molar-refractivity contribution in [2.45, 2.75) is 26.4 Å². The summed E-state index contributed by atoms with van der Waals surface area (Å²) < 4.78 is 4.77. The molecule has 2 aromatic rings. The molecule has 1 N–H and O–H groups in total. The number of fused-ring (bicyclic) bond motifs is 3. The highest BCUT2D eigenvalue weighted by atomic mass is 15.3. The molecule has 1 aromatic carbocycles. The van der Waals surface area contributed by atoms with E-state index in [1.165, 1.54) is 23.4 Å². The second kappa shape index (κ2) is 3.26. The van der Waals surface area contributed by atoms with E-state index in [4.69, 9.17) is 0 Å². The van der Waals surface area contributed by atoms with Gasteiger partial charge in [-0.15, -0.1) is 0 Å². The lowest BCUT2D eigenvalue weighted by atomic mass is 10.3. The minimum absolute atomic E-state index is 1.06. The van der Waals surface area contributed by atoms with Crippen LogP contribution < -0.4 is 9.88 Å². The average Bonchev–Trinajstić information content (AvgIpc) is 2.82. The fourth-order valence-electron chi connectivity index (χ4n) is 2.44. The Morgan fingerprint density at radius 2 is 2.27 bits per heavy atom. The number of anilines is 1. The first kappa shape index (κ1) is 8.77. The first-order chi connectivity index (χ1) is 7.42. The number of hydrogen-bond acceptors (Lipinski definition) is 1. The van der Waals surface area contributed by atoms with Crippen LogP contribution in [0.3, 0.4) is 0 Å². The summed E-state index contributed by atoms with van der Waals surface area (Å²) >= 11 is 0. The molecule has 1 aromatic heterocycles. The second-order valence-electron chi connectivity index (χ2n) is 4.04. The van der Waals surface area contributed by atoms with Crippen molar-refractivity contribution >= 4 is 17.0 Å². The number of nitrogens with zero attached hydrogens (tertiary/aromatic N) is 2. The van der Waals surface area contributed by atoms with Gasteiger partial charge in [0.25, 0.3) is 0 Å². The average molecular weight is 202 g/mol. The van der Waals surface area contributed by atoms with Gasteiger partial charge >= 0.3 is 5.95 Å². The largest absolute Gasteiger partial charge is 0.358 e. The van der Waals surface area contributed by atoms with Crippen LogP contribution in [0, 0.1) is 0 Å². The molecular formula is C12H16N3+. The van der Waals surface area contributed by atoms with E-state index in [2.05, 4.69) is 45.6 Å². The van der Waals surface area contributed by atoms with E-state index in [0.717, 1.165) is 19.6 Å². The molecule has 0 saturated carbocycles.